The lowest BCUT2D eigenvalue weighted by Gasteiger charge is -2.43. The number of nitrogens with one attached hydrogen (secondary N) is 1. The number of rotatable bonds is 2. The molecular weight excluding hydrogens is 266 g/mol. The molecule has 2 bridgehead atoms. The molecule has 1 N–H and O–H groups in total. The minimum atomic E-state index is 0.0323. The van der Waals surface area contributed by atoms with Crippen LogP contribution in [0.15, 0.2) is 0 Å². The van der Waals surface area contributed by atoms with Crippen LogP contribution in [0, 0.1) is 16.7 Å². The Morgan fingerprint density at radius 3 is 2.45 bits per heavy atom. The summed E-state index contributed by atoms with van der Waals surface area (Å²) >= 11 is 1.52. The summed E-state index contributed by atoms with van der Waals surface area (Å²) in [6, 6.07) is 0.523. The first-order chi connectivity index (χ1) is 9.13. The summed E-state index contributed by atoms with van der Waals surface area (Å²) in [5.41, 5.74) is 0.826. The molecule has 2 aliphatic rings. The van der Waals surface area contributed by atoms with Crippen molar-refractivity contribution in [2.75, 3.05) is 5.32 Å². The van der Waals surface area contributed by atoms with Gasteiger partial charge in [-0.15, -0.1) is 0 Å². The van der Waals surface area contributed by atoms with Gasteiger partial charge in [0.15, 0.2) is 0 Å². The predicted octanol–water partition coefficient (Wildman–Crippen LogP) is 4.46. The second-order valence-corrected chi connectivity index (χ2v) is 9.42. The Morgan fingerprint density at radius 2 is 1.95 bits per heavy atom. The van der Waals surface area contributed by atoms with Crippen LogP contribution < -0.4 is 5.32 Å². The minimum absolute atomic E-state index is 0.0323. The van der Waals surface area contributed by atoms with Crippen LogP contribution in [-0.2, 0) is 5.41 Å². The fraction of sp³-hybridized carbons (Fsp3) is 0.875. The van der Waals surface area contributed by atoms with E-state index in [0.717, 1.165) is 16.9 Å². The first kappa shape index (κ1) is 14.3. The zero-order valence-corrected chi connectivity index (χ0v) is 14.4. The molecule has 2 aliphatic carbocycles. The average molecular weight is 293 g/mol. The molecule has 4 heteroatoms. The van der Waals surface area contributed by atoms with Gasteiger partial charge in [0.05, 0.1) is 0 Å². The van der Waals surface area contributed by atoms with E-state index < -0.39 is 0 Å². The van der Waals surface area contributed by atoms with Gasteiger partial charge in [0, 0.05) is 23.0 Å². The van der Waals surface area contributed by atoms with Gasteiger partial charge in [-0.05, 0) is 36.0 Å². The summed E-state index contributed by atoms with van der Waals surface area (Å²) in [6.45, 7) is 13.8. The third-order valence-electron chi connectivity index (χ3n) is 5.63. The summed E-state index contributed by atoms with van der Waals surface area (Å²) in [5, 5.41) is 4.74. The fourth-order valence-electron chi connectivity index (χ4n) is 4.37. The molecule has 1 aromatic rings. The van der Waals surface area contributed by atoms with Crippen molar-refractivity contribution >= 4 is 16.7 Å². The van der Waals surface area contributed by atoms with Crippen LogP contribution in [0.3, 0.4) is 0 Å². The van der Waals surface area contributed by atoms with E-state index in [4.69, 9.17) is 4.98 Å². The Labute approximate surface area is 126 Å². The molecule has 112 valence electrons. The Hall–Kier alpha value is -0.640. The van der Waals surface area contributed by atoms with Gasteiger partial charge in [0.2, 0.25) is 5.13 Å². The molecule has 0 radical (unpaired) electrons. The minimum Gasteiger partial charge on any atom is -0.356 e. The van der Waals surface area contributed by atoms with Crippen molar-refractivity contribution in [3.8, 4) is 0 Å². The summed E-state index contributed by atoms with van der Waals surface area (Å²) in [6.07, 6.45) is 4.11. The second kappa shape index (κ2) is 4.19. The standard InChI is InChI=1S/C16H27N3S/c1-14(2,3)12-18-13(20-19-12)17-11-15(4,5)10-7-8-16(11,6)9-10/h10-11H,7-9H2,1-6H3,(H,17,18,19). The molecule has 3 atom stereocenters. The summed E-state index contributed by atoms with van der Waals surface area (Å²) < 4.78 is 4.53. The van der Waals surface area contributed by atoms with Crippen LogP contribution in [0.25, 0.3) is 0 Å². The highest BCUT2D eigenvalue weighted by Crippen LogP contribution is 2.63. The SMILES string of the molecule is CC(C)(C)c1nsc(NC2C3(C)CCC(C3)C2(C)C)n1. The summed E-state index contributed by atoms with van der Waals surface area (Å²) in [7, 11) is 0. The Balaban J connectivity index is 1.83. The number of hydrogen-bond acceptors (Lipinski definition) is 4. The highest BCUT2D eigenvalue weighted by Gasteiger charge is 2.59. The lowest BCUT2D eigenvalue weighted by atomic mass is 9.68. The summed E-state index contributed by atoms with van der Waals surface area (Å²) in [4.78, 5) is 4.72. The maximum Gasteiger partial charge on any atom is 0.202 e. The van der Waals surface area contributed by atoms with E-state index in [1.165, 1.54) is 30.8 Å². The predicted molar refractivity (Wildman–Crippen MR) is 85.2 cm³/mol. The fourth-order valence-corrected chi connectivity index (χ4v) is 5.16. The second-order valence-electron chi connectivity index (χ2n) is 8.67. The van der Waals surface area contributed by atoms with Crippen LogP contribution in [0.5, 0.6) is 0 Å². The van der Waals surface area contributed by atoms with E-state index in [9.17, 15) is 0 Å². The topological polar surface area (TPSA) is 37.8 Å². The molecular formula is C16H27N3S. The van der Waals surface area contributed by atoms with E-state index in [1.54, 1.807) is 0 Å². The first-order valence-electron chi connectivity index (χ1n) is 7.74. The zero-order valence-electron chi connectivity index (χ0n) is 13.6. The molecule has 0 aliphatic heterocycles. The van der Waals surface area contributed by atoms with Crippen molar-refractivity contribution in [3.63, 3.8) is 0 Å². The number of nitrogens with zero attached hydrogens (tertiary/aromatic N) is 2. The first-order valence-corrected chi connectivity index (χ1v) is 8.51. The molecule has 0 amide bonds. The van der Waals surface area contributed by atoms with Crippen LogP contribution in [0.1, 0.15) is 66.6 Å². The molecule has 1 aromatic heterocycles. The van der Waals surface area contributed by atoms with Crippen molar-refractivity contribution in [3.05, 3.63) is 5.82 Å². The lowest BCUT2D eigenvalue weighted by Crippen LogP contribution is -2.45. The normalized spacial score (nSPS) is 35.5. The van der Waals surface area contributed by atoms with Gasteiger partial charge >= 0.3 is 0 Å². The Morgan fingerprint density at radius 1 is 1.25 bits per heavy atom. The van der Waals surface area contributed by atoms with Crippen molar-refractivity contribution in [2.24, 2.45) is 16.7 Å². The van der Waals surface area contributed by atoms with Crippen molar-refractivity contribution < 1.29 is 0 Å². The Kier molecular flexibility index (Phi) is 2.99. The van der Waals surface area contributed by atoms with Crippen LogP contribution >= 0.6 is 11.5 Å². The van der Waals surface area contributed by atoms with Gasteiger partial charge < -0.3 is 5.32 Å². The summed E-state index contributed by atoms with van der Waals surface area (Å²) in [5.74, 6) is 1.82. The number of anilines is 1. The van der Waals surface area contributed by atoms with E-state index in [2.05, 4.69) is 51.2 Å². The van der Waals surface area contributed by atoms with Crippen molar-refractivity contribution in [1.29, 1.82) is 0 Å². The maximum absolute atomic E-state index is 4.72. The third-order valence-corrected chi connectivity index (χ3v) is 6.28. The van der Waals surface area contributed by atoms with Gasteiger partial charge in [-0.25, -0.2) is 4.98 Å². The highest BCUT2D eigenvalue weighted by molar-refractivity contribution is 7.09. The molecule has 2 fully saturated rings. The van der Waals surface area contributed by atoms with Crippen LogP contribution in [-0.4, -0.2) is 15.4 Å². The highest BCUT2D eigenvalue weighted by atomic mass is 32.1. The molecule has 3 nitrogen and oxygen atoms in total. The maximum atomic E-state index is 4.72. The lowest BCUT2D eigenvalue weighted by molar-refractivity contribution is 0.155. The van der Waals surface area contributed by atoms with Gasteiger partial charge in [0.25, 0.3) is 0 Å². The molecule has 1 heterocycles. The smallest absolute Gasteiger partial charge is 0.202 e. The van der Waals surface area contributed by atoms with E-state index in [-0.39, 0.29) is 5.41 Å². The van der Waals surface area contributed by atoms with E-state index in [0.29, 0.717) is 16.9 Å². The number of hydrogen-bond donors (Lipinski definition) is 1. The number of aromatic nitrogens is 2. The molecule has 2 saturated carbocycles. The number of fused-ring (bicyclic) bond motifs is 2. The molecule has 3 rings (SSSR count). The average Bonchev–Trinajstić information content (AvgIpc) is 2.94. The molecule has 0 aromatic carbocycles. The molecule has 3 unspecified atom stereocenters. The zero-order chi connectivity index (χ0) is 14.8. The molecule has 20 heavy (non-hydrogen) atoms. The van der Waals surface area contributed by atoms with Gasteiger partial charge in [0.1, 0.15) is 5.82 Å². The van der Waals surface area contributed by atoms with Gasteiger partial charge in [-0.2, -0.15) is 4.37 Å². The van der Waals surface area contributed by atoms with Crippen molar-refractivity contribution in [2.45, 2.75) is 72.3 Å². The molecule has 0 spiro atoms. The van der Waals surface area contributed by atoms with Crippen LogP contribution in [0.4, 0.5) is 5.13 Å². The van der Waals surface area contributed by atoms with Gasteiger partial charge in [-0.3, -0.25) is 0 Å². The Bertz CT molecular complexity index is 509. The largest absolute Gasteiger partial charge is 0.356 e. The quantitative estimate of drug-likeness (QED) is 0.874. The van der Waals surface area contributed by atoms with Crippen molar-refractivity contribution in [1.82, 2.24) is 9.36 Å². The van der Waals surface area contributed by atoms with Crippen LogP contribution in [0.2, 0.25) is 0 Å². The van der Waals surface area contributed by atoms with E-state index in [1.807, 2.05) is 0 Å². The van der Waals surface area contributed by atoms with E-state index >= 15 is 0 Å². The monoisotopic (exact) mass is 293 g/mol. The third kappa shape index (κ3) is 2.07. The molecule has 0 saturated heterocycles. The van der Waals surface area contributed by atoms with Gasteiger partial charge in [-0.1, -0.05) is 41.5 Å².